The smallest absolute Gasteiger partial charge is 0.306 e. The molecule has 1 atom stereocenters. The minimum Gasteiger partial charge on any atom is -0.462 e. The quantitative estimate of drug-likeness (QED) is 0.0550. The molecule has 6 heteroatoms. The summed E-state index contributed by atoms with van der Waals surface area (Å²) in [7, 11) is 0. The molecule has 1 radical (unpaired) electrons. The van der Waals surface area contributed by atoms with Crippen molar-refractivity contribution in [1.29, 1.82) is 0 Å². The van der Waals surface area contributed by atoms with Crippen LogP contribution in [0.5, 0.6) is 0 Å². The molecular formula is C37H69N2O4. The number of nitrogens with zero attached hydrogens (tertiary/aromatic N) is 2. The lowest BCUT2D eigenvalue weighted by atomic mass is 9.98. The fourth-order valence-corrected chi connectivity index (χ4v) is 5.77. The SMILES string of the molecule is [CH2]C(COC(=O)CCCCCCCCCCCCCCCCC)OC(=O)CCCCCCCCCCC1(CCCC)N=N1. The molecule has 0 aromatic heterocycles. The number of unbranched alkanes of at least 4 members (excludes halogenated alkanes) is 22. The van der Waals surface area contributed by atoms with Crippen molar-refractivity contribution in [3.05, 3.63) is 6.92 Å². The molecular weight excluding hydrogens is 536 g/mol. The molecule has 0 bridgehead atoms. The van der Waals surface area contributed by atoms with Gasteiger partial charge in [0.2, 0.25) is 0 Å². The van der Waals surface area contributed by atoms with Crippen LogP contribution in [0.1, 0.15) is 200 Å². The normalized spacial score (nSPS) is 14.1. The van der Waals surface area contributed by atoms with Crippen LogP contribution in [0.3, 0.4) is 0 Å². The van der Waals surface area contributed by atoms with Gasteiger partial charge in [-0.25, -0.2) is 0 Å². The van der Waals surface area contributed by atoms with Crippen LogP contribution in [-0.2, 0) is 19.1 Å². The summed E-state index contributed by atoms with van der Waals surface area (Å²) in [6.07, 6.45) is 33.8. The van der Waals surface area contributed by atoms with Gasteiger partial charge in [-0.1, -0.05) is 149 Å². The number of esters is 2. The molecule has 0 aromatic rings. The van der Waals surface area contributed by atoms with Crippen LogP contribution in [0.25, 0.3) is 0 Å². The van der Waals surface area contributed by atoms with E-state index in [0.717, 1.165) is 44.9 Å². The van der Waals surface area contributed by atoms with E-state index in [1.54, 1.807) is 0 Å². The van der Waals surface area contributed by atoms with Crippen LogP contribution >= 0.6 is 0 Å². The predicted molar refractivity (Wildman–Crippen MR) is 179 cm³/mol. The second-order valence-electron chi connectivity index (χ2n) is 13.1. The minimum atomic E-state index is -0.630. The maximum Gasteiger partial charge on any atom is 0.306 e. The monoisotopic (exact) mass is 606 g/mol. The van der Waals surface area contributed by atoms with Crippen LogP contribution in [0.4, 0.5) is 0 Å². The first-order valence-corrected chi connectivity index (χ1v) is 18.6. The van der Waals surface area contributed by atoms with E-state index >= 15 is 0 Å². The standard InChI is InChI=1S/C37H69N2O4/c1-4-6-8-9-10-11-12-13-14-15-16-17-20-23-26-29-35(40)42-33-34(3)43-36(41)30-27-24-21-18-19-22-25-28-32-37(38-39-37)31-7-5-2/h34H,3-33H2,1-2H3. The third-order valence-electron chi connectivity index (χ3n) is 8.73. The average molecular weight is 606 g/mol. The Balaban J connectivity index is 1.81. The Kier molecular flexibility index (Phi) is 25.8. The van der Waals surface area contributed by atoms with Gasteiger partial charge in [-0.3, -0.25) is 9.59 Å². The van der Waals surface area contributed by atoms with Crippen molar-refractivity contribution in [3.63, 3.8) is 0 Å². The highest BCUT2D eigenvalue weighted by atomic mass is 16.6. The zero-order valence-corrected chi connectivity index (χ0v) is 28.5. The molecule has 0 aromatic carbocycles. The van der Waals surface area contributed by atoms with E-state index in [1.807, 2.05) is 0 Å². The average Bonchev–Trinajstić information content (AvgIpc) is 3.77. The van der Waals surface area contributed by atoms with Gasteiger partial charge in [0.25, 0.3) is 0 Å². The first-order chi connectivity index (χ1) is 21.0. The van der Waals surface area contributed by atoms with Gasteiger partial charge < -0.3 is 9.47 Å². The Morgan fingerprint density at radius 2 is 0.907 bits per heavy atom. The van der Waals surface area contributed by atoms with E-state index in [9.17, 15) is 9.59 Å². The lowest BCUT2D eigenvalue weighted by molar-refractivity contribution is -0.156. The number of ether oxygens (including phenoxy) is 2. The number of carbonyl (C=O) groups excluding carboxylic acids is 2. The van der Waals surface area contributed by atoms with Gasteiger partial charge in [0, 0.05) is 12.8 Å². The van der Waals surface area contributed by atoms with E-state index < -0.39 is 6.10 Å². The molecule has 6 nitrogen and oxygen atoms in total. The van der Waals surface area contributed by atoms with Crippen LogP contribution in [-0.4, -0.2) is 30.3 Å². The van der Waals surface area contributed by atoms with Gasteiger partial charge in [0.1, 0.15) is 12.7 Å². The third kappa shape index (κ3) is 25.6. The molecule has 0 N–H and O–H groups in total. The predicted octanol–water partition coefficient (Wildman–Crippen LogP) is 11.8. The summed E-state index contributed by atoms with van der Waals surface area (Å²) in [4.78, 5) is 24.1. The molecule has 0 aliphatic carbocycles. The highest BCUT2D eigenvalue weighted by molar-refractivity contribution is 5.70. The summed E-state index contributed by atoms with van der Waals surface area (Å²) in [5, 5.41) is 8.57. The van der Waals surface area contributed by atoms with Crippen molar-refractivity contribution >= 4 is 11.9 Å². The summed E-state index contributed by atoms with van der Waals surface area (Å²) >= 11 is 0. The van der Waals surface area contributed by atoms with Gasteiger partial charge in [-0.2, -0.15) is 10.2 Å². The van der Waals surface area contributed by atoms with Gasteiger partial charge in [0.15, 0.2) is 5.66 Å². The molecule has 43 heavy (non-hydrogen) atoms. The van der Waals surface area contributed by atoms with Crippen LogP contribution in [0.15, 0.2) is 10.2 Å². The summed E-state index contributed by atoms with van der Waals surface area (Å²) in [5.74, 6) is -0.459. The second-order valence-corrected chi connectivity index (χ2v) is 13.1. The maximum atomic E-state index is 12.1. The molecule has 1 aliphatic rings. The van der Waals surface area contributed by atoms with Crippen LogP contribution < -0.4 is 0 Å². The Hall–Kier alpha value is -1.46. The maximum absolute atomic E-state index is 12.1. The molecule has 251 valence electrons. The van der Waals surface area contributed by atoms with E-state index in [1.165, 1.54) is 128 Å². The second kappa shape index (κ2) is 28.0. The molecule has 0 fully saturated rings. The van der Waals surface area contributed by atoms with Gasteiger partial charge in [-0.05, 0) is 45.4 Å². The van der Waals surface area contributed by atoms with Gasteiger partial charge >= 0.3 is 11.9 Å². The minimum absolute atomic E-state index is 0.00460. The van der Waals surface area contributed by atoms with Gasteiger partial charge in [-0.15, -0.1) is 0 Å². The van der Waals surface area contributed by atoms with Crippen molar-refractivity contribution < 1.29 is 19.1 Å². The Morgan fingerprint density at radius 1 is 0.535 bits per heavy atom. The molecule has 0 amide bonds. The Labute approximate surface area is 266 Å². The molecule has 1 rings (SSSR count). The lowest BCUT2D eigenvalue weighted by Gasteiger charge is -2.13. The van der Waals surface area contributed by atoms with Crippen molar-refractivity contribution in [2.75, 3.05) is 6.61 Å². The first-order valence-electron chi connectivity index (χ1n) is 18.6. The Bertz CT molecular complexity index is 690. The number of rotatable bonds is 33. The van der Waals surface area contributed by atoms with E-state index in [2.05, 4.69) is 31.0 Å². The van der Waals surface area contributed by atoms with E-state index in [4.69, 9.17) is 9.47 Å². The topological polar surface area (TPSA) is 77.3 Å². The molecule has 1 heterocycles. The largest absolute Gasteiger partial charge is 0.462 e. The number of hydrogen-bond acceptors (Lipinski definition) is 6. The summed E-state index contributed by atoms with van der Waals surface area (Å²) in [6.45, 7) is 8.36. The zero-order chi connectivity index (χ0) is 31.3. The fourth-order valence-electron chi connectivity index (χ4n) is 5.77. The molecule has 1 unspecified atom stereocenters. The molecule has 1 aliphatic heterocycles. The van der Waals surface area contributed by atoms with E-state index in [-0.39, 0.29) is 24.2 Å². The lowest BCUT2D eigenvalue weighted by Crippen LogP contribution is -2.22. The summed E-state index contributed by atoms with van der Waals surface area (Å²) in [6, 6.07) is 0. The summed E-state index contributed by atoms with van der Waals surface area (Å²) < 4.78 is 10.6. The number of carbonyl (C=O) groups is 2. The molecule has 0 saturated heterocycles. The van der Waals surface area contributed by atoms with Crippen molar-refractivity contribution in [3.8, 4) is 0 Å². The van der Waals surface area contributed by atoms with Crippen LogP contribution in [0.2, 0.25) is 0 Å². The van der Waals surface area contributed by atoms with Crippen molar-refractivity contribution in [1.82, 2.24) is 0 Å². The third-order valence-corrected chi connectivity index (χ3v) is 8.73. The molecule has 0 saturated carbocycles. The number of hydrogen-bond donors (Lipinski definition) is 0. The van der Waals surface area contributed by atoms with Crippen LogP contribution in [0, 0.1) is 6.92 Å². The van der Waals surface area contributed by atoms with Crippen molar-refractivity contribution in [2.45, 2.75) is 212 Å². The Morgan fingerprint density at radius 3 is 1.35 bits per heavy atom. The first kappa shape index (κ1) is 39.6. The highest BCUT2D eigenvalue weighted by Crippen LogP contribution is 2.38. The van der Waals surface area contributed by atoms with Gasteiger partial charge in [0.05, 0.1) is 0 Å². The van der Waals surface area contributed by atoms with Crippen molar-refractivity contribution in [2.24, 2.45) is 10.2 Å². The highest BCUT2D eigenvalue weighted by Gasteiger charge is 2.37. The zero-order valence-electron chi connectivity index (χ0n) is 28.5. The van der Waals surface area contributed by atoms with E-state index in [0.29, 0.717) is 12.8 Å². The summed E-state index contributed by atoms with van der Waals surface area (Å²) in [5.41, 5.74) is 0.00460. The fraction of sp³-hybridized carbons (Fsp3) is 0.919. The molecule has 0 spiro atoms.